The maximum absolute atomic E-state index is 14.9. The van der Waals surface area contributed by atoms with E-state index >= 15 is 0 Å². The molecular formula is C64H70N4O9. The predicted octanol–water partition coefficient (Wildman–Crippen LogP) is 12.6. The molecule has 400 valence electrons. The van der Waals surface area contributed by atoms with Gasteiger partial charge in [0.2, 0.25) is 5.75 Å². The number of nitrogens with one attached hydrogen (secondary N) is 2. The molecule has 1 spiro atoms. The van der Waals surface area contributed by atoms with E-state index in [-0.39, 0.29) is 82.1 Å². The normalized spacial score (nSPS) is 22.4. The Kier molecular flexibility index (Phi) is 15.8. The molecular weight excluding hydrogens is 969 g/mol. The first-order chi connectivity index (χ1) is 37.3. The quantitative estimate of drug-likeness (QED) is 0.0826. The number of H-pyrrole nitrogens is 1. The molecule has 0 amide bonds. The lowest BCUT2D eigenvalue weighted by Crippen LogP contribution is -2.36. The van der Waals surface area contributed by atoms with Crippen LogP contribution in [0, 0.1) is 17.3 Å². The molecule has 5 atom stereocenters. The van der Waals surface area contributed by atoms with Gasteiger partial charge in [0.1, 0.15) is 40.7 Å². The van der Waals surface area contributed by atoms with E-state index in [1.165, 1.54) is 26.2 Å². The van der Waals surface area contributed by atoms with Gasteiger partial charge in [0, 0.05) is 92.7 Å². The summed E-state index contributed by atoms with van der Waals surface area (Å²) in [7, 11) is 1.48. The molecule has 5 N–H and O–H groups in total. The van der Waals surface area contributed by atoms with Crippen LogP contribution in [-0.2, 0) is 32.0 Å². The van der Waals surface area contributed by atoms with E-state index < -0.39 is 18.1 Å². The number of Topliss-reactive ketones (excluding diaryl/α,β-unsaturated/α-hetero) is 2. The van der Waals surface area contributed by atoms with Gasteiger partial charge in [-0.25, -0.2) is 0 Å². The van der Waals surface area contributed by atoms with E-state index in [0.717, 1.165) is 76.6 Å². The number of phenols is 3. The second-order valence-corrected chi connectivity index (χ2v) is 21.5. The fraction of sp³-hybridized carbons (Fsp3) is 0.359. The van der Waals surface area contributed by atoms with Crippen molar-refractivity contribution in [1.82, 2.24) is 14.9 Å². The van der Waals surface area contributed by atoms with Crippen molar-refractivity contribution in [2.45, 2.75) is 109 Å². The van der Waals surface area contributed by atoms with E-state index in [1.54, 1.807) is 30.3 Å². The van der Waals surface area contributed by atoms with Crippen LogP contribution in [-0.4, -0.2) is 68.7 Å². The van der Waals surface area contributed by atoms with Gasteiger partial charge in [-0.3, -0.25) is 14.4 Å². The lowest BCUT2D eigenvalue weighted by Gasteiger charge is -2.38. The molecule has 1 saturated carbocycles. The van der Waals surface area contributed by atoms with Crippen molar-refractivity contribution in [1.29, 1.82) is 0 Å². The van der Waals surface area contributed by atoms with E-state index in [9.17, 15) is 29.7 Å². The lowest BCUT2D eigenvalue weighted by atomic mass is 9.66. The summed E-state index contributed by atoms with van der Waals surface area (Å²) in [6.07, 6.45) is 28.4. The summed E-state index contributed by atoms with van der Waals surface area (Å²) in [5.41, 5.74) is 5.40. The number of aromatic hydroxyl groups is 3. The number of dihydropyridines is 1. The van der Waals surface area contributed by atoms with E-state index in [4.69, 9.17) is 14.2 Å². The molecule has 2 aliphatic carbocycles. The number of aromatic amines is 1. The molecule has 4 aromatic carbocycles. The van der Waals surface area contributed by atoms with Gasteiger partial charge in [-0.1, -0.05) is 86.9 Å². The van der Waals surface area contributed by atoms with Crippen molar-refractivity contribution in [3.8, 4) is 34.5 Å². The molecule has 1 fully saturated rings. The molecule has 77 heavy (non-hydrogen) atoms. The highest BCUT2D eigenvalue weighted by Crippen LogP contribution is 2.47. The van der Waals surface area contributed by atoms with Gasteiger partial charge < -0.3 is 49.3 Å². The number of phenolic OH excluding ortho intramolecular Hbond substituents is 3. The van der Waals surface area contributed by atoms with E-state index in [2.05, 4.69) is 83.1 Å². The molecule has 0 saturated heterocycles. The topological polar surface area (TPSA) is 176 Å². The van der Waals surface area contributed by atoms with Gasteiger partial charge in [-0.05, 0) is 126 Å². The third kappa shape index (κ3) is 11.9. The highest BCUT2D eigenvalue weighted by Gasteiger charge is 2.37. The molecule has 2 aliphatic heterocycles. The Morgan fingerprint density at radius 2 is 1.64 bits per heavy atom. The number of aromatic nitrogens is 2. The average molecular weight is 1040 g/mol. The van der Waals surface area contributed by atoms with Gasteiger partial charge in [-0.2, -0.15) is 0 Å². The maximum Gasteiger partial charge on any atom is 0.302 e. The van der Waals surface area contributed by atoms with Crippen molar-refractivity contribution in [2.75, 3.05) is 25.1 Å². The number of carbonyl (C=O) groups is 3. The largest absolute Gasteiger partial charge is 0.508 e. The van der Waals surface area contributed by atoms with Crippen LogP contribution in [0.1, 0.15) is 112 Å². The minimum atomic E-state index is -0.716. The van der Waals surface area contributed by atoms with Crippen LogP contribution >= 0.6 is 0 Å². The van der Waals surface area contributed by atoms with Crippen LogP contribution in [0.3, 0.4) is 0 Å². The minimum absolute atomic E-state index is 0.00753. The second kappa shape index (κ2) is 23.1. The number of fused-ring (bicyclic) bond motifs is 3. The van der Waals surface area contributed by atoms with Crippen molar-refractivity contribution in [3.63, 3.8) is 0 Å². The first-order valence-electron chi connectivity index (χ1n) is 27.3. The number of nitrogens with zero attached hydrogens (tertiary/aromatic N) is 2. The van der Waals surface area contributed by atoms with Crippen molar-refractivity contribution in [3.05, 3.63) is 174 Å². The summed E-state index contributed by atoms with van der Waals surface area (Å²) in [6.45, 7) is 4.55. The third-order valence-corrected chi connectivity index (χ3v) is 16.4. The van der Waals surface area contributed by atoms with Gasteiger partial charge in [-0.15, -0.1) is 0 Å². The zero-order valence-electron chi connectivity index (χ0n) is 44.3. The number of hydrogen-bond acceptors (Lipinski definition) is 11. The Morgan fingerprint density at radius 1 is 0.844 bits per heavy atom. The number of ketones is 2. The first kappa shape index (κ1) is 52.5. The standard InChI is InChI=1S/C64H70N4O9/c1-41-12-7-8-24-64(41)25-21-54(76-42(2)69)34-52(72)35-58(47-30-60(74)63(61(31-47)75-3)77-53-19-11-18-51(71)33-53)67-39-46-16-10-20-57(56(46)40-67)68(27-23-59(73)43-13-5-4-6-14-43)62-32-45(22-26-66-62)55(44-15-9-17-50(70)28-44)29-48-37-65-38-49(48)36-64/h7-12,15-20,22,24,28,30-33,37-41,43,54-55,58,65-66,70-71,74H,4-6,13-14,21,23,25-27,29,34-36H2,1-3H3/t41-,54-,55+,58+,64+/m1/s1. The average Bonchev–Trinajstić information content (AvgIpc) is 4.15. The van der Waals surface area contributed by atoms with Gasteiger partial charge in [0.15, 0.2) is 11.5 Å². The number of esters is 1. The number of anilines is 1. The maximum atomic E-state index is 14.9. The summed E-state index contributed by atoms with van der Waals surface area (Å²) in [6, 6.07) is 22.5. The zero-order valence-corrected chi connectivity index (χ0v) is 44.3. The Bertz CT molecular complexity index is 3260. The van der Waals surface area contributed by atoms with Crippen molar-refractivity contribution in [2.24, 2.45) is 17.3 Å². The number of allylic oxidation sites excluding steroid dienone is 6. The molecule has 4 aliphatic rings. The molecule has 6 aromatic rings. The van der Waals surface area contributed by atoms with Crippen LogP contribution in [0.4, 0.5) is 5.69 Å². The van der Waals surface area contributed by atoms with E-state index in [0.29, 0.717) is 50.8 Å². The highest BCUT2D eigenvalue weighted by atomic mass is 16.5. The molecule has 13 nitrogen and oxygen atoms in total. The Labute approximate surface area is 450 Å². The van der Waals surface area contributed by atoms with E-state index in [1.807, 2.05) is 41.2 Å². The van der Waals surface area contributed by atoms with Crippen LogP contribution in [0.25, 0.3) is 10.8 Å². The van der Waals surface area contributed by atoms with Crippen molar-refractivity contribution >= 4 is 34.0 Å². The Morgan fingerprint density at radius 3 is 2.42 bits per heavy atom. The van der Waals surface area contributed by atoms with Gasteiger partial charge >= 0.3 is 5.97 Å². The van der Waals surface area contributed by atoms with Crippen LogP contribution in [0.15, 0.2) is 152 Å². The number of hydrogen-bond donors (Lipinski definition) is 5. The molecule has 2 aromatic heterocycles. The zero-order chi connectivity index (χ0) is 53.6. The van der Waals surface area contributed by atoms with Gasteiger partial charge in [0.25, 0.3) is 0 Å². The summed E-state index contributed by atoms with van der Waals surface area (Å²) < 4.78 is 20.0. The highest BCUT2D eigenvalue weighted by molar-refractivity contribution is 5.95. The smallest absolute Gasteiger partial charge is 0.302 e. The van der Waals surface area contributed by atoms with Crippen LogP contribution in [0.5, 0.6) is 34.5 Å². The first-order valence-corrected chi connectivity index (χ1v) is 27.3. The number of methoxy groups -OCH3 is 1. The summed E-state index contributed by atoms with van der Waals surface area (Å²) in [5, 5.41) is 38.5. The van der Waals surface area contributed by atoms with Crippen LogP contribution in [0.2, 0.25) is 0 Å². The molecule has 13 heteroatoms. The molecule has 4 heterocycles. The van der Waals surface area contributed by atoms with Crippen LogP contribution < -0.4 is 19.7 Å². The number of ether oxygens (including phenoxy) is 3. The summed E-state index contributed by atoms with van der Waals surface area (Å²) in [4.78, 5) is 47.6. The number of rotatable bonds is 10. The Hall–Kier alpha value is -7.93. The lowest BCUT2D eigenvalue weighted by molar-refractivity contribution is -0.148. The molecule has 0 unspecified atom stereocenters. The third-order valence-electron chi connectivity index (χ3n) is 16.4. The molecule has 4 bridgehead atoms. The Balaban J connectivity index is 1.13. The predicted molar refractivity (Wildman–Crippen MR) is 299 cm³/mol. The minimum Gasteiger partial charge on any atom is -0.508 e. The van der Waals surface area contributed by atoms with Gasteiger partial charge in [0.05, 0.1) is 18.8 Å². The molecule has 10 rings (SSSR count). The summed E-state index contributed by atoms with van der Waals surface area (Å²) >= 11 is 0. The SMILES string of the molecule is COc1cc([C@@H]2CC(=O)C[C@H](OC(C)=O)CC[C@@]3(C=CC=C[C@H]3C)Cc3c[nH]cc3C[C@@H](c3cccc(O)c3)C3=CCNC(=C3)N(CCC(=O)C3CCCCC3)c3cccc4cn2cc34)cc(O)c1Oc1cccc(O)c1. The fourth-order valence-corrected chi connectivity index (χ4v) is 12.3. The molecule has 0 radical (unpaired) electrons. The van der Waals surface area contributed by atoms with Crippen molar-refractivity contribution < 1.29 is 43.9 Å². The number of benzene rings is 4. The monoisotopic (exact) mass is 1040 g/mol. The fourth-order valence-electron chi connectivity index (χ4n) is 12.3. The second-order valence-electron chi connectivity index (χ2n) is 21.5. The summed E-state index contributed by atoms with van der Waals surface area (Å²) in [5.74, 6) is 0.985. The number of carbonyl (C=O) groups excluding carboxylic acids is 3.